The molecular formula is C12H16N4O3. The minimum atomic E-state index is -0.477. The summed E-state index contributed by atoms with van der Waals surface area (Å²) in [7, 11) is 0. The molecule has 0 unspecified atom stereocenters. The first kappa shape index (κ1) is 13.3. The Bertz CT molecular complexity index is 466. The van der Waals surface area contributed by atoms with Crippen molar-refractivity contribution < 1.29 is 9.72 Å². The van der Waals surface area contributed by atoms with Gasteiger partial charge in [-0.05, 0) is 31.7 Å². The van der Waals surface area contributed by atoms with Crippen molar-refractivity contribution in [2.45, 2.75) is 31.7 Å². The number of pyridine rings is 1. The SMILES string of the molecule is NC(=O)C1CCC(Nc2ccc([N+](=O)[O-])cn2)CC1. The number of nitro groups is 1. The summed E-state index contributed by atoms with van der Waals surface area (Å²) in [5, 5.41) is 13.7. The first-order chi connectivity index (χ1) is 9.06. The smallest absolute Gasteiger partial charge is 0.287 e. The Morgan fingerprint density at radius 3 is 2.53 bits per heavy atom. The summed E-state index contributed by atoms with van der Waals surface area (Å²) in [4.78, 5) is 25.1. The minimum Gasteiger partial charge on any atom is -0.369 e. The molecule has 0 radical (unpaired) electrons. The van der Waals surface area contributed by atoms with Gasteiger partial charge in [-0.15, -0.1) is 0 Å². The lowest BCUT2D eigenvalue weighted by molar-refractivity contribution is -0.385. The van der Waals surface area contributed by atoms with Gasteiger partial charge in [0.15, 0.2) is 0 Å². The summed E-state index contributed by atoms with van der Waals surface area (Å²) in [5.41, 5.74) is 5.25. The van der Waals surface area contributed by atoms with Crippen LogP contribution in [-0.4, -0.2) is 21.9 Å². The number of nitrogens with one attached hydrogen (secondary N) is 1. The highest BCUT2D eigenvalue weighted by molar-refractivity contribution is 5.76. The molecule has 0 saturated heterocycles. The van der Waals surface area contributed by atoms with Gasteiger partial charge in [0.05, 0.1) is 4.92 Å². The second-order valence-corrected chi connectivity index (χ2v) is 4.75. The largest absolute Gasteiger partial charge is 0.369 e. The number of aromatic nitrogens is 1. The van der Waals surface area contributed by atoms with Crippen molar-refractivity contribution in [3.05, 3.63) is 28.4 Å². The van der Waals surface area contributed by atoms with Gasteiger partial charge >= 0.3 is 0 Å². The molecule has 0 spiro atoms. The molecule has 1 amide bonds. The van der Waals surface area contributed by atoms with E-state index in [1.165, 1.54) is 12.3 Å². The minimum absolute atomic E-state index is 0.0250. The Balaban J connectivity index is 1.88. The van der Waals surface area contributed by atoms with E-state index in [1.54, 1.807) is 6.07 Å². The summed E-state index contributed by atoms with van der Waals surface area (Å²) >= 11 is 0. The summed E-state index contributed by atoms with van der Waals surface area (Å²) in [6.07, 6.45) is 4.50. The number of nitrogens with two attached hydrogens (primary N) is 1. The van der Waals surface area contributed by atoms with Crippen LogP contribution in [0.15, 0.2) is 18.3 Å². The second-order valence-electron chi connectivity index (χ2n) is 4.75. The number of carbonyl (C=O) groups excluding carboxylic acids is 1. The van der Waals surface area contributed by atoms with Crippen molar-refractivity contribution in [3.63, 3.8) is 0 Å². The number of hydrogen-bond donors (Lipinski definition) is 2. The number of amides is 1. The van der Waals surface area contributed by atoms with Gasteiger partial charge in [0.25, 0.3) is 5.69 Å². The van der Waals surface area contributed by atoms with E-state index in [0.29, 0.717) is 5.82 Å². The average Bonchev–Trinajstić information content (AvgIpc) is 2.40. The van der Waals surface area contributed by atoms with Gasteiger partial charge in [-0.25, -0.2) is 4.98 Å². The molecule has 1 heterocycles. The zero-order valence-electron chi connectivity index (χ0n) is 10.4. The van der Waals surface area contributed by atoms with Gasteiger partial charge in [0, 0.05) is 18.0 Å². The molecule has 7 heteroatoms. The lowest BCUT2D eigenvalue weighted by Crippen LogP contribution is -2.32. The number of carbonyl (C=O) groups is 1. The van der Waals surface area contributed by atoms with Crippen molar-refractivity contribution in [2.75, 3.05) is 5.32 Å². The van der Waals surface area contributed by atoms with E-state index in [9.17, 15) is 14.9 Å². The molecular weight excluding hydrogens is 248 g/mol. The maximum absolute atomic E-state index is 11.0. The monoisotopic (exact) mass is 264 g/mol. The predicted molar refractivity (Wildman–Crippen MR) is 69.5 cm³/mol. The van der Waals surface area contributed by atoms with Crippen LogP contribution in [0, 0.1) is 16.0 Å². The highest BCUT2D eigenvalue weighted by atomic mass is 16.6. The molecule has 102 valence electrons. The molecule has 2 rings (SSSR count). The normalized spacial score (nSPS) is 22.7. The van der Waals surface area contributed by atoms with Crippen LogP contribution in [-0.2, 0) is 4.79 Å². The molecule has 1 fully saturated rings. The van der Waals surface area contributed by atoms with Gasteiger partial charge in [-0.2, -0.15) is 0 Å². The Hall–Kier alpha value is -2.18. The molecule has 0 bridgehead atoms. The molecule has 1 aliphatic carbocycles. The average molecular weight is 264 g/mol. The van der Waals surface area contributed by atoms with E-state index in [2.05, 4.69) is 10.3 Å². The van der Waals surface area contributed by atoms with Crippen LogP contribution < -0.4 is 11.1 Å². The number of hydrogen-bond acceptors (Lipinski definition) is 5. The third-order valence-electron chi connectivity index (χ3n) is 3.44. The Kier molecular flexibility index (Phi) is 3.94. The molecule has 1 aliphatic rings. The highest BCUT2D eigenvalue weighted by Gasteiger charge is 2.24. The summed E-state index contributed by atoms with van der Waals surface area (Å²) < 4.78 is 0. The molecule has 7 nitrogen and oxygen atoms in total. The number of primary amides is 1. The Morgan fingerprint density at radius 1 is 1.37 bits per heavy atom. The quantitative estimate of drug-likeness (QED) is 0.631. The first-order valence-corrected chi connectivity index (χ1v) is 6.22. The van der Waals surface area contributed by atoms with Gasteiger partial charge in [0.2, 0.25) is 5.91 Å². The van der Waals surface area contributed by atoms with Crippen LogP contribution in [0.4, 0.5) is 11.5 Å². The van der Waals surface area contributed by atoms with Crippen molar-refractivity contribution >= 4 is 17.4 Å². The summed E-state index contributed by atoms with van der Waals surface area (Å²) in [5.74, 6) is 0.364. The van der Waals surface area contributed by atoms with E-state index in [-0.39, 0.29) is 23.6 Å². The second kappa shape index (κ2) is 5.64. The Labute approximate surface area is 110 Å². The van der Waals surface area contributed by atoms with E-state index in [0.717, 1.165) is 25.7 Å². The van der Waals surface area contributed by atoms with E-state index >= 15 is 0 Å². The standard InChI is InChI=1S/C12H16N4O3/c13-12(17)8-1-3-9(4-2-8)15-11-6-5-10(7-14-11)16(18)19/h5-9H,1-4H2,(H2,13,17)(H,14,15). The van der Waals surface area contributed by atoms with Crippen molar-refractivity contribution in [1.82, 2.24) is 4.98 Å². The Morgan fingerprint density at radius 2 is 2.05 bits per heavy atom. The molecule has 0 atom stereocenters. The van der Waals surface area contributed by atoms with Crippen LogP contribution in [0.25, 0.3) is 0 Å². The molecule has 1 saturated carbocycles. The van der Waals surface area contributed by atoms with Gasteiger partial charge in [0.1, 0.15) is 12.0 Å². The van der Waals surface area contributed by atoms with Crippen LogP contribution in [0.1, 0.15) is 25.7 Å². The molecule has 1 aromatic heterocycles. The van der Waals surface area contributed by atoms with Gasteiger partial charge in [-0.1, -0.05) is 0 Å². The molecule has 0 aromatic carbocycles. The van der Waals surface area contributed by atoms with Crippen LogP contribution in [0.3, 0.4) is 0 Å². The molecule has 0 aliphatic heterocycles. The van der Waals surface area contributed by atoms with E-state index < -0.39 is 4.92 Å². The summed E-state index contributed by atoms with van der Waals surface area (Å²) in [6, 6.07) is 3.26. The van der Waals surface area contributed by atoms with Gasteiger partial charge in [-0.3, -0.25) is 14.9 Å². The fourth-order valence-electron chi connectivity index (χ4n) is 2.31. The maximum atomic E-state index is 11.0. The van der Waals surface area contributed by atoms with Crippen LogP contribution >= 0.6 is 0 Å². The van der Waals surface area contributed by atoms with Gasteiger partial charge < -0.3 is 11.1 Å². The lowest BCUT2D eigenvalue weighted by Gasteiger charge is -2.27. The number of nitrogens with zero attached hydrogens (tertiary/aromatic N) is 2. The zero-order chi connectivity index (χ0) is 13.8. The van der Waals surface area contributed by atoms with Crippen molar-refractivity contribution in [3.8, 4) is 0 Å². The lowest BCUT2D eigenvalue weighted by atomic mass is 9.85. The number of anilines is 1. The number of rotatable bonds is 4. The third kappa shape index (κ3) is 3.40. The molecule has 19 heavy (non-hydrogen) atoms. The third-order valence-corrected chi connectivity index (χ3v) is 3.44. The maximum Gasteiger partial charge on any atom is 0.287 e. The topological polar surface area (TPSA) is 111 Å². The highest BCUT2D eigenvalue weighted by Crippen LogP contribution is 2.26. The fraction of sp³-hybridized carbons (Fsp3) is 0.500. The fourth-order valence-corrected chi connectivity index (χ4v) is 2.31. The van der Waals surface area contributed by atoms with Crippen LogP contribution in [0.5, 0.6) is 0 Å². The predicted octanol–water partition coefficient (Wildman–Crippen LogP) is 1.45. The van der Waals surface area contributed by atoms with E-state index in [4.69, 9.17) is 5.73 Å². The van der Waals surface area contributed by atoms with Crippen molar-refractivity contribution in [1.29, 1.82) is 0 Å². The zero-order valence-corrected chi connectivity index (χ0v) is 10.4. The molecule has 1 aromatic rings. The molecule has 3 N–H and O–H groups in total. The summed E-state index contributed by atoms with van der Waals surface area (Å²) in [6.45, 7) is 0. The van der Waals surface area contributed by atoms with E-state index in [1.807, 2.05) is 0 Å². The van der Waals surface area contributed by atoms with Crippen molar-refractivity contribution in [2.24, 2.45) is 11.7 Å². The first-order valence-electron chi connectivity index (χ1n) is 6.22. The van der Waals surface area contributed by atoms with Crippen LogP contribution in [0.2, 0.25) is 0 Å².